The van der Waals surface area contributed by atoms with Crippen molar-refractivity contribution >= 4 is 11.3 Å². The Labute approximate surface area is 96.7 Å². The highest BCUT2D eigenvalue weighted by Gasteiger charge is 2.08. The first-order valence-electron chi connectivity index (χ1n) is 5.49. The predicted molar refractivity (Wildman–Crippen MR) is 66.7 cm³/mol. The van der Waals surface area contributed by atoms with E-state index < -0.39 is 0 Å². The van der Waals surface area contributed by atoms with Crippen LogP contribution in [0, 0.1) is 0 Å². The highest BCUT2D eigenvalue weighted by atomic mass is 32.1. The molecule has 2 atom stereocenters. The molecule has 0 spiro atoms. The molecule has 0 radical (unpaired) electrons. The topological polar surface area (TPSA) is 21.3 Å². The number of ether oxygens (including phenoxy) is 1. The fraction of sp³-hybridized carbons (Fsp3) is 0.667. The molecule has 0 fully saturated rings. The number of methoxy groups -OCH3 is 1. The second-order valence-corrected chi connectivity index (χ2v) is 4.99. The monoisotopic (exact) mass is 227 g/mol. The van der Waals surface area contributed by atoms with Crippen molar-refractivity contribution < 1.29 is 4.74 Å². The number of hydrogen-bond acceptors (Lipinski definition) is 3. The van der Waals surface area contributed by atoms with Crippen molar-refractivity contribution in [1.29, 1.82) is 0 Å². The molecular formula is C12H21NOS. The predicted octanol–water partition coefficient (Wildman–Crippen LogP) is 2.87. The molecule has 2 unspecified atom stereocenters. The molecule has 1 aromatic heterocycles. The third kappa shape index (κ3) is 4.78. The molecule has 0 aliphatic carbocycles. The van der Waals surface area contributed by atoms with Gasteiger partial charge in [0.2, 0.25) is 0 Å². The minimum Gasteiger partial charge on any atom is -0.385 e. The largest absolute Gasteiger partial charge is 0.385 e. The van der Waals surface area contributed by atoms with Crippen molar-refractivity contribution in [2.45, 2.75) is 32.2 Å². The van der Waals surface area contributed by atoms with Crippen LogP contribution in [-0.2, 0) is 4.74 Å². The van der Waals surface area contributed by atoms with E-state index in [0.29, 0.717) is 12.0 Å². The SMILES string of the molecule is COCCC(C)NCC(C)c1cccs1. The Bertz CT molecular complexity index is 248. The van der Waals surface area contributed by atoms with Crippen LogP contribution in [0.15, 0.2) is 17.5 Å². The second kappa shape index (κ2) is 6.99. The Morgan fingerprint density at radius 3 is 2.87 bits per heavy atom. The fourth-order valence-corrected chi connectivity index (χ4v) is 2.23. The Hall–Kier alpha value is -0.380. The fourth-order valence-electron chi connectivity index (χ4n) is 1.45. The Balaban J connectivity index is 2.19. The molecule has 1 rings (SSSR count). The molecule has 3 heteroatoms. The van der Waals surface area contributed by atoms with E-state index in [1.165, 1.54) is 4.88 Å². The van der Waals surface area contributed by atoms with E-state index in [1.54, 1.807) is 7.11 Å². The van der Waals surface area contributed by atoms with Gasteiger partial charge in [-0.05, 0) is 24.8 Å². The van der Waals surface area contributed by atoms with Gasteiger partial charge in [-0.3, -0.25) is 0 Å². The maximum Gasteiger partial charge on any atom is 0.0476 e. The van der Waals surface area contributed by atoms with Crippen molar-refractivity contribution in [3.05, 3.63) is 22.4 Å². The van der Waals surface area contributed by atoms with Gasteiger partial charge in [-0.25, -0.2) is 0 Å². The first kappa shape index (κ1) is 12.7. The highest BCUT2D eigenvalue weighted by molar-refractivity contribution is 7.10. The number of nitrogens with one attached hydrogen (secondary N) is 1. The maximum atomic E-state index is 5.05. The van der Waals surface area contributed by atoms with Crippen molar-refractivity contribution in [3.63, 3.8) is 0 Å². The van der Waals surface area contributed by atoms with E-state index in [-0.39, 0.29) is 0 Å². The number of hydrogen-bond donors (Lipinski definition) is 1. The van der Waals surface area contributed by atoms with Crippen LogP contribution >= 0.6 is 11.3 Å². The molecule has 1 aromatic rings. The lowest BCUT2D eigenvalue weighted by Gasteiger charge is -2.16. The van der Waals surface area contributed by atoms with Gasteiger partial charge in [0.15, 0.2) is 0 Å². The molecule has 0 aliphatic heterocycles. The van der Waals surface area contributed by atoms with Gasteiger partial charge in [0.05, 0.1) is 0 Å². The first-order valence-corrected chi connectivity index (χ1v) is 6.37. The summed E-state index contributed by atoms with van der Waals surface area (Å²) in [5.41, 5.74) is 0. The minimum atomic E-state index is 0.535. The lowest BCUT2D eigenvalue weighted by atomic mass is 10.1. The summed E-state index contributed by atoms with van der Waals surface area (Å²) >= 11 is 1.84. The molecule has 86 valence electrons. The molecule has 0 aromatic carbocycles. The van der Waals surface area contributed by atoms with Crippen LogP contribution in [0.3, 0.4) is 0 Å². The summed E-state index contributed by atoms with van der Waals surface area (Å²) in [5.74, 6) is 0.606. The van der Waals surface area contributed by atoms with Crippen LogP contribution < -0.4 is 5.32 Å². The molecular weight excluding hydrogens is 206 g/mol. The molecule has 0 saturated heterocycles. The van der Waals surface area contributed by atoms with Crippen LogP contribution in [0.2, 0.25) is 0 Å². The normalized spacial score (nSPS) is 15.1. The molecule has 0 bridgehead atoms. The van der Waals surface area contributed by atoms with E-state index >= 15 is 0 Å². The summed E-state index contributed by atoms with van der Waals surface area (Å²) < 4.78 is 5.05. The van der Waals surface area contributed by atoms with Crippen molar-refractivity contribution in [2.75, 3.05) is 20.3 Å². The van der Waals surface area contributed by atoms with Crippen LogP contribution in [-0.4, -0.2) is 26.3 Å². The van der Waals surface area contributed by atoms with Gasteiger partial charge >= 0.3 is 0 Å². The van der Waals surface area contributed by atoms with Gasteiger partial charge in [-0.15, -0.1) is 11.3 Å². The standard InChI is InChI=1S/C12H21NOS/c1-10(12-5-4-8-15-12)9-13-11(2)6-7-14-3/h4-5,8,10-11,13H,6-7,9H2,1-3H3. The molecule has 15 heavy (non-hydrogen) atoms. The van der Waals surface area contributed by atoms with E-state index in [4.69, 9.17) is 4.74 Å². The lowest BCUT2D eigenvalue weighted by Crippen LogP contribution is -2.30. The zero-order chi connectivity index (χ0) is 11.1. The average Bonchev–Trinajstić information content (AvgIpc) is 2.76. The first-order chi connectivity index (χ1) is 7.24. The van der Waals surface area contributed by atoms with Crippen molar-refractivity contribution in [2.24, 2.45) is 0 Å². The molecule has 0 amide bonds. The molecule has 1 N–H and O–H groups in total. The summed E-state index contributed by atoms with van der Waals surface area (Å²) in [6.07, 6.45) is 1.08. The van der Waals surface area contributed by atoms with Crippen LogP contribution in [0.4, 0.5) is 0 Å². The zero-order valence-corrected chi connectivity index (χ0v) is 10.6. The zero-order valence-electron chi connectivity index (χ0n) is 9.82. The van der Waals surface area contributed by atoms with Crippen LogP contribution in [0.25, 0.3) is 0 Å². The van der Waals surface area contributed by atoms with Crippen LogP contribution in [0.5, 0.6) is 0 Å². The molecule has 0 aliphatic rings. The third-order valence-corrected chi connectivity index (χ3v) is 3.66. The summed E-state index contributed by atoms with van der Waals surface area (Å²) in [4.78, 5) is 1.46. The number of thiophene rings is 1. The molecule has 0 saturated carbocycles. The smallest absolute Gasteiger partial charge is 0.0476 e. The van der Waals surface area contributed by atoms with Gasteiger partial charge in [0.25, 0.3) is 0 Å². The third-order valence-electron chi connectivity index (χ3n) is 2.56. The van der Waals surface area contributed by atoms with Gasteiger partial charge in [-0.1, -0.05) is 13.0 Å². The van der Waals surface area contributed by atoms with E-state index in [9.17, 15) is 0 Å². The van der Waals surface area contributed by atoms with Gasteiger partial charge in [0.1, 0.15) is 0 Å². The quantitative estimate of drug-likeness (QED) is 0.773. The van der Waals surface area contributed by atoms with Crippen LogP contribution in [0.1, 0.15) is 31.1 Å². The van der Waals surface area contributed by atoms with E-state index in [0.717, 1.165) is 19.6 Å². The van der Waals surface area contributed by atoms with Gasteiger partial charge < -0.3 is 10.1 Å². The summed E-state index contributed by atoms with van der Waals surface area (Å²) in [7, 11) is 1.75. The van der Waals surface area contributed by atoms with E-state index in [1.807, 2.05) is 11.3 Å². The summed E-state index contributed by atoms with van der Waals surface area (Å²) in [5, 5.41) is 5.67. The lowest BCUT2D eigenvalue weighted by molar-refractivity contribution is 0.184. The second-order valence-electron chi connectivity index (χ2n) is 4.01. The maximum absolute atomic E-state index is 5.05. The Kier molecular flexibility index (Phi) is 5.91. The summed E-state index contributed by atoms with van der Waals surface area (Å²) in [6.45, 7) is 6.36. The Morgan fingerprint density at radius 2 is 2.27 bits per heavy atom. The summed E-state index contributed by atoms with van der Waals surface area (Å²) in [6, 6.07) is 4.86. The van der Waals surface area contributed by atoms with Gasteiger partial charge in [-0.2, -0.15) is 0 Å². The van der Waals surface area contributed by atoms with Crippen molar-refractivity contribution in [3.8, 4) is 0 Å². The molecule has 1 heterocycles. The highest BCUT2D eigenvalue weighted by Crippen LogP contribution is 2.19. The minimum absolute atomic E-state index is 0.535. The molecule has 2 nitrogen and oxygen atoms in total. The number of rotatable bonds is 7. The van der Waals surface area contributed by atoms with Gasteiger partial charge in [0, 0.05) is 37.1 Å². The Morgan fingerprint density at radius 1 is 1.47 bits per heavy atom. The average molecular weight is 227 g/mol. The van der Waals surface area contributed by atoms with Crippen molar-refractivity contribution in [1.82, 2.24) is 5.32 Å². The van der Waals surface area contributed by atoms with E-state index in [2.05, 4.69) is 36.7 Å².